The van der Waals surface area contributed by atoms with E-state index >= 15 is 0 Å². The maximum Gasteiger partial charge on any atom is 0.263 e. The molecule has 9 heteroatoms. The summed E-state index contributed by atoms with van der Waals surface area (Å²) in [6.07, 6.45) is 1.03. The van der Waals surface area contributed by atoms with Crippen LogP contribution in [0, 0.1) is 5.82 Å². The van der Waals surface area contributed by atoms with Crippen LogP contribution in [0.2, 0.25) is 5.28 Å². The molecular weight excluding hydrogens is 401 g/mol. The zero-order valence-corrected chi connectivity index (χ0v) is 16.2. The Bertz CT molecular complexity index is 1270. The molecule has 6 nitrogen and oxygen atoms in total. The van der Waals surface area contributed by atoms with Gasteiger partial charge in [0.2, 0.25) is 5.28 Å². The van der Waals surface area contributed by atoms with Crippen molar-refractivity contribution in [3.05, 3.63) is 46.4 Å². The normalized spacial score (nSPS) is 16.5. The van der Waals surface area contributed by atoms with Crippen LogP contribution >= 0.6 is 22.9 Å². The van der Waals surface area contributed by atoms with Crippen molar-refractivity contribution in [2.24, 2.45) is 0 Å². The number of nitrogens with one attached hydrogen (secondary N) is 2. The molecule has 1 aliphatic rings. The lowest BCUT2D eigenvalue weighted by Gasteiger charge is -2.10. The highest BCUT2D eigenvalue weighted by molar-refractivity contribution is 7.21. The molecule has 0 unspecified atom stereocenters. The number of rotatable bonds is 1. The number of pyridine rings is 1. The van der Waals surface area contributed by atoms with Crippen LogP contribution in [0.5, 0.6) is 0 Å². The highest BCUT2D eigenvalue weighted by atomic mass is 35.5. The summed E-state index contributed by atoms with van der Waals surface area (Å²) in [5.74, 6) is -0.668. The molecule has 1 aromatic carbocycles. The molecule has 4 aromatic rings. The molecule has 0 spiro atoms. The molecule has 1 atom stereocenters. The van der Waals surface area contributed by atoms with Gasteiger partial charge < -0.3 is 10.6 Å². The van der Waals surface area contributed by atoms with Crippen LogP contribution in [-0.2, 0) is 0 Å². The number of aromatic nitrogens is 3. The van der Waals surface area contributed by atoms with Gasteiger partial charge in [-0.25, -0.2) is 19.3 Å². The number of anilines is 1. The molecule has 2 N–H and O–H groups in total. The molecule has 0 radical (unpaired) electrons. The minimum absolute atomic E-state index is 0.0346. The number of carbonyl (C=O) groups is 1. The molecule has 5 rings (SSSR count). The third kappa shape index (κ3) is 2.68. The van der Waals surface area contributed by atoms with Gasteiger partial charge in [-0.15, -0.1) is 11.3 Å². The molecule has 4 heterocycles. The molecule has 0 bridgehead atoms. The van der Waals surface area contributed by atoms with E-state index in [1.54, 1.807) is 6.07 Å². The second-order valence-corrected chi connectivity index (χ2v) is 7.99. The van der Waals surface area contributed by atoms with Crippen LogP contribution in [0.25, 0.3) is 32.4 Å². The fourth-order valence-electron chi connectivity index (χ4n) is 3.38. The quantitative estimate of drug-likeness (QED) is 0.456. The van der Waals surface area contributed by atoms with E-state index < -0.39 is 5.82 Å². The van der Waals surface area contributed by atoms with Gasteiger partial charge in [0, 0.05) is 28.1 Å². The van der Waals surface area contributed by atoms with Crippen molar-refractivity contribution in [3.63, 3.8) is 0 Å². The lowest BCUT2D eigenvalue weighted by molar-refractivity contribution is 0.0949. The number of hydrogen-bond donors (Lipinski definition) is 2. The van der Waals surface area contributed by atoms with Crippen molar-refractivity contribution >= 4 is 55.5 Å². The molecule has 0 saturated carbocycles. The number of amides is 1. The van der Waals surface area contributed by atoms with E-state index in [0.717, 1.165) is 27.4 Å². The van der Waals surface area contributed by atoms with Crippen molar-refractivity contribution in [2.75, 3.05) is 11.9 Å². The maximum absolute atomic E-state index is 14.1. The predicted molar refractivity (Wildman–Crippen MR) is 109 cm³/mol. The van der Waals surface area contributed by atoms with Crippen LogP contribution in [0.4, 0.5) is 10.1 Å². The second kappa shape index (κ2) is 6.35. The lowest BCUT2D eigenvalue weighted by Crippen LogP contribution is -2.34. The Morgan fingerprint density at radius 1 is 1.25 bits per heavy atom. The molecular formula is C19H13ClFN5OS. The number of fused-ring (bicyclic) bond motifs is 5. The third-order valence-corrected chi connectivity index (χ3v) is 5.98. The zero-order valence-electron chi connectivity index (χ0n) is 14.6. The van der Waals surface area contributed by atoms with Gasteiger partial charge in [-0.1, -0.05) is 0 Å². The SMILES string of the molecule is C[C@@H]1CNc2c(sc3ccc4nc(-c5nc(Cl)ncc5F)ccc4c23)C(=O)N1. The summed E-state index contributed by atoms with van der Waals surface area (Å²) in [4.78, 5) is 25.3. The fourth-order valence-corrected chi connectivity index (χ4v) is 4.61. The highest BCUT2D eigenvalue weighted by Gasteiger charge is 2.25. The smallest absolute Gasteiger partial charge is 0.263 e. The number of nitrogens with zero attached hydrogens (tertiary/aromatic N) is 3. The van der Waals surface area contributed by atoms with Crippen LogP contribution in [-0.4, -0.2) is 33.4 Å². The topological polar surface area (TPSA) is 79.8 Å². The zero-order chi connectivity index (χ0) is 19.4. The Balaban J connectivity index is 1.73. The van der Waals surface area contributed by atoms with Gasteiger partial charge in [0.15, 0.2) is 5.82 Å². The molecule has 1 amide bonds. The van der Waals surface area contributed by atoms with E-state index in [-0.39, 0.29) is 22.9 Å². The third-order valence-electron chi connectivity index (χ3n) is 4.65. The first kappa shape index (κ1) is 17.3. The minimum Gasteiger partial charge on any atom is -0.381 e. The molecule has 1 aliphatic heterocycles. The van der Waals surface area contributed by atoms with Crippen LogP contribution in [0.3, 0.4) is 0 Å². The lowest BCUT2D eigenvalue weighted by atomic mass is 10.1. The number of carbonyl (C=O) groups excluding carboxylic acids is 1. The number of halogens is 2. The van der Waals surface area contributed by atoms with Gasteiger partial charge >= 0.3 is 0 Å². The molecule has 140 valence electrons. The van der Waals surface area contributed by atoms with E-state index in [1.807, 2.05) is 25.1 Å². The summed E-state index contributed by atoms with van der Waals surface area (Å²) in [6, 6.07) is 7.39. The van der Waals surface area contributed by atoms with E-state index in [2.05, 4.69) is 25.6 Å². The molecule has 0 saturated heterocycles. The summed E-state index contributed by atoms with van der Waals surface area (Å²) in [7, 11) is 0. The van der Waals surface area contributed by atoms with Gasteiger partial charge in [-0.3, -0.25) is 4.79 Å². The summed E-state index contributed by atoms with van der Waals surface area (Å²) in [5.41, 5.74) is 1.92. The Morgan fingerprint density at radius 2 is 2.11 bits per heavy atom. The average Bonchev–Trinajstić information content (AvgIpc) is 3.00. The summed E-state index contributed by atoms with van der Waals surface area (Å²) < 4.78 is 15.1. The van der Waals surface area contributed by atoms with E-state index in [9.17, 15) is 9.18 Å². The average molecular weight is 414 g/mol. The van der Waals surface area contributed by atoms with Gasteiger partial charge in [-0.2, -0.15) is 0 Å². The summed E-state index contributed by atoms with van der Waals surface area (Å²) >= 11 is 7.25. The van der Waals surface area contributed by atoms with Gasteiger partial charge in [-0.05, 0) is 42.8 Å². The van der Waals surface area contributed by atoms with E-state index in [1.165, 1.54) is 11.3 Å². The fraction of sp³-hybridized carbons (Fsp3) is 0.158. The molecule has 0 fully saturated rings. The summed E-state index contributed by atoms with van der Waals surface area (Å²) in [6.45, 7) is 2.59. The van der Waals surface area contributed by atoms with Gasteiger partial charge in [0.1, 0.15) is 10.6 Å². The monoisotopic (exact) mass is 413 g/mol. The van der Waals surface area contributed by atoms with Gasteiger partial charge in [0.25, 0.3) is 5.91 Å². The Hall–Kier alpha value is -2.84. The van der Waals surface area contributed by atoms with Crippen LogP contribution in [0.1, 0.15) is 16.6 Å². The maximum atomic E-state index is 14.1. The second-order valence-electron chi connectivity index (χ2n) is 6.60. The van der Waals surface area contributed by atoms with E-state index in [0.29, 0.717) is 22.6 Å². The number of benzene rings is 1. The Kier molecular flexibility index (Phi) is 3.92. The largest absolute Gasteiger partial charge is 0.381 e. The molecule has 3 aromatic heterocycles. The summed E-state index contributed by atoms with van der Waals surface area (Å²) in [5, 5.41) is 8.15. The first-order valence-corrected chi connectivity index (χ1v) is 9.80. The molecule has 0 aliphatic carbocycles. The predicted octanol–water partition coefficient (Wildman–Crippen LogP) is 4.24. The Labute approximate surface area is 167 Å². The van der Waals surface area contributed by atoms with Crippen LogP contribution in [0.15, 0.2) is 30.5 Å². The van der Waals surface area contributed by atoms with Crippen molar-refractivity contribution in [2.45, 2.75) is 13.0 Å². The van der Waals surface area contributed by atoms with Crippen molar-refractivity contribution in [1.82, 2.24) is 20.3 Å². The minimum atomic E-state index is -0.589. The first-order valence-electron chi connectivity index (χ1n) is 8.60. The Morgan fingerprint density at radius 3 is 2.96 bits per heavy atom. The van der Waals surface area contributed by atoms with Crippen molar-refractivity contribution in [3.8, 4) is 11.4 Å². The van der Waals surface area contributed by atoms with Gasteiger partial charge in [0.05, 0.1) is 23.1 Å². The number of thiophene rings is 1. The van der Waals surface area contributed by atoms with Crippen molar-refractivity contribution < 1.29 is 9.18 Å². The van der Waals surface area contributed by atoms with Crippen LogP contribution < -0.4 is 10.6 Å². The molecule has 28 heavy (non-hydrogen) atoms. The first-order chi connectivity index (χ1) is 13.5. The standard InChI is InChI=1S/C19H13ClFN5OS/c1-8-6-22-16-14-9-2-3-12(15-10(21)7-23-19(20)26-15)25-11(9)4-5-13(14)28-17(16)18(27)24-8/h2-5,7-8,22H,6H2,1H3,(H,24,27)/t8-/m1/s1. The van der Waals surface area contributed by atoms with Crippen molar-refractivity contribution in [1.29, 1.82) is 0 Å². The highest BCUT2D eigenvalue weighted by Crippen LogP contribution is 2.41. The number of hydrogen-bond acceptors (Lipinski definition) is 6. The van der Waals surface area contributed by atoms with E-state index in [4.69, 9.17) is 11.6 Å².